The number of ether oxygens (including phenoxy) is 1. The zero-order valence-corrected chi connectivity index (χ0v) is 16.3. The zero-order valence-electron chi connectivity index (χ0n) is 16.3. The molecule has 0 radical (unpaired) electrons. The van der Waals surface area contributed by atoms with Crippen LogP contribution in [0.2, 0.25) is 0 Å². The van der Waals surface area contributed by atoms with Crippen molar-refractivity contribution in [3.8, 4) is 5.75 Å². The van der Waals surface area contributed by atoms with E-state index in [1.54, 1.807) is 12.0 Å². The van der Waals surface area contributed by atoms with Crippen LogP contribution in [-0.2, 0) is 9.59 Å². The maximum atomic E-state index is 12.5. The summed E-state index contributed by atoms with van der Waals surface area (Å²) in [6.07, 6.45) is 0.271. The van der Waals surface area contributed by atoms with Gasteiger partial charge in [0.05, 0.1) is 13.0 Å². The van der Waals surface area contributed by atoms with Crippen LogP contribution in [0.15, 0.2) is 24.3 Å². The summed E-state index contributed by atoms with van der Waals surface area (Å²) >= 11 is 0. The summed E-state index contributed by atoms with van der Waals surface area (Å²) in [5, 5.41) is 3.01. The predicted molar refractivity (Wildman–Crippen MR) is 105 cm³/mol. The van der Waals surface area contributed by atoms with Gasteiger partial charge in [0.15, 0.2) is 0 Å². The number of piperazine rings is 1. The predicted octanol–water partition coefficient (Wildman–Crippen LogP) is 0.802. The lowest BCUT2D eigenvalue weighted by atomic mass is 10.1. The number of anilines is 1. The van der Waals surface area contributed by atoms with Crippen molar-refractivity contribution in [3.05, 3.63) is 24.3 Å². The van der Waals surface area contributed by atoms with Crippen LogP contribution in [-0.4, -0.2) is 81.1 Å². The molecule has 1 aromatic rings. The van der Waals surface area contributed by atoms with Gasteiger partial charge in [0, 0.05) is 57.9 Å². The Hall–Kier alpha value is -2.12. The fourth-order valence-corrected chi connectivity index (χ4v) is 3.71. The summed E-state index contributed by atoms with van der Waals surface area (Å²) in [5.41, 5.74) is 0.810. The van der Waals surface area contributed by atoms with Crippen molar-refractivity contribution in [1.29, 1.82) is 0 Å². The molecule has 2 aliphatic heterocycles. The van der Waals surface area contributed by atoms with Gasteiger partial charge in [0.2, 0.25) is 11.8 Å². The van der Waals surface area contributed by atoms with Gasteiger partial charge in [-0.2, -0.15) is 0 Å². The molecule has 2 heterocycles. The lowest BCUT2D eigenvalue weighted by Crippen LogP contribution is -2.48. The fourth-order valence-electron chi connectivity index (χ4n) is 3.71. The van der Waals surface area contributed by atoms with E-state index in [-0.39, 0.29) is 24.2 Å². The van der Waals surface area contributed by atoms with Gasteiger partial charge in [0.1, 0.15) is 5.75 Å². The second kappa shape index (κ2) is 9.19. The second-order valence-corrected chi connectivity index (χ2v) is 7.17. The minimum atomic E-state index is -0.281. The Morgan fingerprint density at radius 1 is 1.15 bits per heavy atom. The Labute approximate surface area is 161 Å². The minimum Gasteiger partial charge on any atom is -0.497 e. The van der Waals surface area contributed by atoms with Crippen molar-refractivity contribution in [3.63, 3.8) is 0 Å². The van der Waals surface area contributed by atoms with E-state index < -0.39 is 0 Å². The summed E-state index contributed by atoms with van der Waals surface area (Å²) < 4.78 is 5.15. The molecule has 3 rings (SSSR count). The smallest absolute Gasteiger partial charge is 0.227 e. The fraction of sp³-hybridized carbons (Fsp3) is 0.600. The lowest BCUT2D eigenvalue weighted by Gasteiger charge is -2.34. The Morgan fingerprint density at radius 2 is 1.81 bits per heavy atom. The molecule has 7 heteroatoms. The third-order valence-corrected chi connectivity index (χ3v) is 5.52. The van der Waals surface area contributed by atoms with Crippen molar-refractivity contribution in [2.45, 2.75) is 13.3 Å². The maximum Gasteiger partial charge on any atom is 0.227 e. The van der Waals surface area contributed by atoms with Gasteiger partial charge in [-0.05, 0) is 30.8 Å². The molecule has 1 N–H and O–H groups in total. The first-order chi connectivity index (χ1) is 13.1. The van der Waals surface area contributed by atoms with Crippen LogP contribution in [0.1, 0.15) is 13.3 Å². The zero-order chi connectivity index (χ0) is 19.2. The molecule has 2 fully saturated rings. The SMILES string of the molecule is CCN1CCN(CCNC(=O)C2CC(=O)N(c3ccc(OC)cc3)C2)CC1. The van der Waals surface area contributed by atoms with Crippen molar-refractivity contribution in [2.75, 3.05) is 64.4 Å². The van der Waals surface area contributed by atoms with Gasteiger partial charge in [-0.1, -0.05) is 6.92 Å². The molecule has 1 unspecified atom stereocenters. The molecule has 2 saturated heterocycles. The first-order valence-corrected chi connectivity index (χ1v) is 9.77. The Morgan fingerprint density at radius 3 is 2.44 bits per heavy atom. The van der Waals surface area contributed by atoms with E-state index in [4.69, 9.17) is 4.74 Å². The highest BCUT2D eigenvalue weighted by Crippen LogP contribution is 2.26. The van der Waals surface area contributed by atoms with Crippen LogP contribution >= 0.6 is 0 Å². The highest BCUT2D eigenvalue weighted by atomic mass is 16.5. The number of hydrogen-bond acceptors (Lipinski definition) is 5. The molecule has 7 nitrogen and oxygen atoms in total. The first-order valence-electron chi connectivity index (χ1n) is 9.77. The van der Waals surface area contributed by atoms with Gasteiger partial charge in [-0.25, -0.2) is 0 Å². The number of amides is 2. The first kappa shape index (κ1) is 19.6. The molecule has 1 atom stereocenters. The normalized spacial score (nSPS) is 21.5. The second-order valence-electron chi connectivity index (χ2n) is 7.17. The number of nitrogens with one attached hydrogen (secondary N) is 1. The highest BCUT2D eigenvalue weighted by Gasteiger charge is 2.35. The molecule has 148 valence electrons. The molecular weight excluding hydrogens is 344 g/mol. The number of nitrogens with zero attached hydrogens (tertiary/aromatic N) is 3. The van der Waals surface area contributed by atoms with Crippen molar-refractivity contribution in [2.24, 2.45) is 5.92 Å². The number of carbonyl (C=O) groups is 2. The molecule has 2 amide bonds. The number of likely N-dealkylation sites (N-methyl/N-ethyl adjacent to an activating group) is 1. The molecule has 27 heavy (non-hydrogen) atoms. The highest BCUT2D eigenvalue weighted by molar-refractivity contribution is 6.00. The molecule has 0 aromatic heterocycles. The van der Waals surface area contributed by atoms with Gasteiger partial charge >= 0.3 is 0 Å². The van der Waals surface area contributed by atoms with E-state index in [0.29, 0.717) is 13.1 Å². The molecule has 0 saturated carbocycles. The number of rotatable bonds is 7. The summed E-state index contributed by atoms with van der Waals surface area (Å²) in [6.45, 7) is 9.53. The average molecular weight is 374 g/mol. The van der Waals surface area contributed by atoms with Crippen molar-refractivity contribution < 1.29 is 14.3 Å². The van der Waals surface area contributed by atoms with Crippen LogP contribution in [0.5, 0.6) is 5.75 Å². The lowest BCUT2D eigenvalue weighted by molar-refractivity contribution is -0.126. The summed E-state index contributed by atoms with van der Waals surface area (Å²) in [5.74, 6) is 0.443. The van der Waals surface area contributed by atoms with Gasteiger partial charge in [0.25, 0.3) is 0 Å². The Kier molecular flexibility index (Phi) is 6.68. The third kappa shape index (κ3) is 4.99. The van der Waals surface area contributed by atoms with Crippen molar-refractivity contribution >= 4 is 17.5 Å². The van der Waals surface area contributed by atoms with Crippen LogP contribution in [0.3, 0.4) is 0 Å². The number of methoxy groups -OCH3 is 1. The number of hydrogen-bond donors (Lipinski definition) is 1. The summed E-state index contributed by atoms with van der Waals surface area (Å²) in [7, 11) is 1.61. The van der Waals surface area contributed by atoms with Crippen LogP contribution in [0.4, 0.5) is 5.69 Å². The Bertz CT molecular complexity index is 641. The van der Waals surface area contributed by atoms with E-state index in [0.717, 1.165) is 50.7 Å². The average Bonchev–Trinajstić information content (AvgIpc) is 3.10. The van der Waals surface area contributed by atoms with Crippen LogP contribution in [0.25, 0.3) is 0 Å². The van der Waals surface area contributed by atoms with Crippen LogP contribution in [0, 0.1) is 5.92 Å². The third-order valence-electron chi connectivity index (χ3n) is 5.52. The standard InChI is InChI=1S/C20H30N4O3/c1-3-22-10-12-23(13-11-22)9-8-21-20(26)16-14-19(25)24(15-16)17-4-6-18(27-2)7-5-17/h4-7,16H,3,8-15H2,1-2H3,(H,21,26). The quantitative estimate of drug-likeness (QED) is 0.765. The van der Waals surface area contributed by atoms with E-state index in [1.165, 1.54) is 0 Å². The van der Waals surface area contributed by atoms with Gasteiger partial charge < -0.3 is 19.9 Å². The van der Waals surface area contributed by atoms with Crippen molar-refractivity contribution in [1.82, 2.24) is 15.1 Å². The van der Waals surface area contributed by atoms with E-state index in [2.05, 4.69) is 22.0 Å². The molecule has 0 bridgehead atoms. The van der Waals surface area contributed by atoms with E-state index in [1.807, 2.05) is 24.3 Å². The van der Waals surface area contributed by atoms with E-state index >= 15 is 0 Å². The molecule has 0 spiro atoms. The molecule has 2 aliphatic rings. The topological polar surface area (TPSA) is 65.1 Å². The molecule has 1 aromatic carbocycles. The van der Waals surface area contributed by atoms with E-state index in [9.17, 15) is 9.59 Å². The van der Waals surface area contributed by atoms with Crippen LogP contribution < -0.4 is 15.0 Å². The maximum absolute atomic E-state index is 12.5. The van der Waals surface area contributed by atoms with Gasteiger partial charge in [-0.3, -0.25) is 14.5 Å². The largest absolute Gasteiger partial charge is 0.497 e. The molecule has 0 aliphatic carbocycles. The summed E-state index contributed by atoms with van der Waals surface area (Å²) in [4.78, 5) is 31.3. The Balaban J connectivity index is 1.43. The van der Waals surface area contributed by atoms with Gasteiger partial charge in [-0.15, -0.1) is 0 Å². The summed E-state index contributed by atoms with van der Waals surface area (Å²) in [6, 6.07) is 7.36. The number of benzene rings is 1. The monoisotopic (exact) mass is 374 g/mol. The molecular formula is C20H30N4O3. The number of carbonyl (C=O) groups excluding carboxylic acids is 2. The minimum absolute atomic E-state index is 0.00370.